The van der Waals surface area contributed by atoms with Crippen LogP contribution in [0.25, 0.3) is 0 Å². The molecule has 1 rings (SSSR count). The maximum absolute atomic E-state index is 10.8. The molecule has 0 aliphatic heterocycles. The lowest BCUT2D eigenvalue weighted by molar-refractivity contribution is -0.140. The maximum Gasteiger partial charge on any atom is 0.305 e. The molecule has 0 fully saturated rings. The second-order valence-corrected chi connectivity index (χ2v) is 4.07. The van der Waals surface area contributed by atoms with Crippen LogP contribution in [0.15, 0.2) is 17.5 Å². The standard InChI is InChI=1S/C10H15NO2S/c1-13-10(12)6-2-4-8(11)9-5-3-7-14-9/h3,5,7-8H,2,4,6,11H2,1H3. The average Bonchev–Trinajstić information content (AvgIpc) is 2.70. The minimum absolute atomic E-state index is 0.0552. The molecule has 1 atom stereocenters. The zero-order valence-corrected chi connectivity index (χ0v) is 9.05. The highest BCUT2D eigenvalue weighted by Gasteiger charge is 2.08. The van der Waals surface area contributed by atoms with Crippen LogP contribution in [-0.2, 0) is 9.53 Å². The number of esters is 1. The summed E-state index contributed by atoms with van der Waals surface area (Å²) < 4.78 is 4.55. The minimum Gasteiger partial charge on any atom is -0.469 e. The quantitative estimate of drug-likeness (QED) is 0.762. The van der Waals surface area contributed by atoms with E-state index in [1.165, 1.54) is 12.0 Å². The Bertz CT molecular complexity index is 272. The summed E-state index contributed by atoms with van der Waals surface area (Å²) in [4.78, 5) is 12.0. The maximum atomic E-state index is 10.8. The number of rotatable bonds is 5. The van der Waals surface area contributed by atoms with Crippen molar-refractivity contribution >= 4 is 17.3 Å². The summed E-state index contributed by atoms with van der Waals surface area (Å²) in [5.41, 5.74) is 5.93. The van der Waals surface area contributed by atoms with Crippen molar-refractivity contribution in [2.45, 2.75) is 25.3 Å². The van der Waals surface area contributed by atoms with Crippen molar-refractivity contribution in [3.8, 4) is 0 Å². The Morgan fingerprint density at radius 1 is 1.71 bits per heavy atom. The lowest BCUT2D eigenvalue weighted by Crippen LogP contribution is -2.09. The average molecular weight is 213 g/mol. The van der Waals surface area contributed by atoms with Crippen molar-refractivity contribution in [1.29, 1.82) is 0 Å². The van der Waals surface area contributed by atoms with Crippen LogP contribution in [0.3, 0.4) is 0 Å². The molecule has 0 amide bonds. The Morgan fingerprint density at radius 2 is 2.50 bits per heavy atom. The molecule has 0 saturated heterocycles. The van der Waals surface area contributed by atoms with Gasteiger partial charge in [0.25, 0.3) is 0 Å². The first-order chi connectivity index (χ1) is 6.74. The largest absolute Gasteiger partial charge is 0.469 e. The predicted molar refractivity (Wildman–Crippen MR) is 57.1 cm³/mol. The van der Waals surface area contributed by atoms with Crippen LogP contribution in [0.1, 0.15) is 30.2 Å². The highest BCUT2D eigenvalue weighted by atomic mass is 32.1. The molecule has 3 nitrogen and oxygen atoms in total. The summed E-state index contributed by atoms with van der Waals surface area (Å²) >= 11 is 1.65. The molecule has 2 N–H and O–H groups in total. The summed E-state index contributed by atoms with van der Waals surface area (Å²) in [5, 5.41) is 2.01. The zero-order valence-electron chi connectivity index (χ0n) is 8.23. The molecule has 0 spiro atoms. The number of ether oxygens (including phenoxy) is 1. The smallest absolute Gasteiger partial charge is 0.305 e. The first-order valence-electron chi connectivity index (χ1n) is 4.60. The van der Waals surface area contributed by atoms with E-state index in [4.69, 9.17) is 5.73 Å². The van der Waals surface area contributed by atoms with Crippen molar-refractivity contribution in [2.75, 3.05) is 7.11 Å². The molecular formula is C10H15NO2S. The second-order valence-electron chi connectivity index (χ2n) is 3.09. The molecule has 1 aromatic heterocycles. The van der Waals surface area contributed by atoms with Gasteiger partial charge in [0.1, 0.15) is 0 Å². The molecule has 0 radical (unpaired) electrons. The van der Waals surface area contributed by atoms with Crippen LogP contribution >= 0.6 is 11.3 Å². The van der Waals surface area contributed by atoms with Gasteiger partial charge in [-0.2, -0.15) is 0 Å². The normalized spacial score (nSPS) is 12.4. The number of thiophene rings is 1. The number of hydrogen-bond acceptors (Lipinski definition) is 4. The third kappa shape index (κ3) is 3.47. The second kappa shape index (κ2) is 5.78. The van der Waals surface area contributed by atoms with Crippen LogP contribution in [0, 0.1) is 0 Å². The van der Waals surface area contributed by atoms with Crippen molar-refractivity contribution in [3.05, 3.63) is 22.4 Å². The van der Waals surface area contributed by atoms with E-state index < -0.39 is 0 Å². The van der Waals surface area contributed by atoms with Gasteiger partial charge in [-0.3, -0.25) is 4.79 Å². The molecule has 0 aliphatic carbocycles. The fourth-order valence-electron chi connectivity index (χ4n) is 1.21. The molecule has 0 aliphatic rings. The Kier molecular flexibility index (Phi) is 4.62. The molecule has 1 unspecified atom stereocenters. The molecule has 1 heterocycles. The van der Waals surface area contributed by atoms with E-state index in [1.54, 1.807) is 11.3 Å². The van der Waals surface area contributed by atoms with E-state index >= 15 is 0 Å². The van der Waals surface area contributed by atoms with Crippen molar-refractivity contribution < 1.29 is 9.53 Å². The molecular weight excluding hydrogens is 198 g/mol. The van der Waals surface area contributed by atoms with E-state index in [-0.39, 0.29) is 12.0 Å². The summed E-state index contributed by atoms with van der Waals surface area (Å²) in [6.45, 7) is 0. The highest BCUT2D eigenvalue weighted by Crippen LogP contribution is 2.21. The Hall–Kier alpha value is -0.870. The first kappa shape index (κ1) is 11.2. The van der Waals surface area contributed by atoms with E-state index in [0.717, 1.165) is 12.8 Å². The van der Waals surface area contributed by atoms with Gasteiger partial charge < -0.3 is 10.5 Å². The van der Waals surface area contributed by atoms with E-state index in [9.17, 15) is 4.79 Å². The van der Waals surface area contributed by atoms with Gasteiger partial charge in [0.05, 0.1) is 7.11 Å². The van der Waals surface area contributed by atoms with E-state index in [0.29, 0.717) is 6.42 Å². The molecule has 14 heavy (non-hydrogen) atoms. The molecule has 0 saturated carbocycles. The van der Waals surface area contributed by atoms with Gasteiger partial charge in [-0.15, -0.1) is 11.3 Å². The topological polar surface area (TPSA) is 52.3 Å². The van der Waals surface area contributed by atoms with Crippen molar-refractivity contribution in [2.24, 2.45) is 5.73 Å². The van der Waals surface area contributed by atoms with E-state index in [2.05, 4.69) is 4.74 Å². The molecule has 4 heteroatoms. The summed E-state index contributed by atoms with van der Waals surface area (Å²) in [7, 11) is 1.40. The van der Waals surface area contributed by atoms with Gasteiger partial charge in [0.15, 0.2) is 0 Å². The number of carbonyl (C=O) groups is 1. The molecule has 0 bridgehead atoms. The van der Waals surface area contributed by atoms with Gasteiger partial charge in [-0.1, -0.05) is 6.07 Å². The fraction of sp³-hybridized carbons (Fsp3) is 0.500. The summed E-state index contributed by atoms with van der Waals surface area (Å²) in [6, 6.07) is 4.06. The summed E-state index contributed by atoms with van der Waals surface area (Å²) in [5.74, 6) is -0.164. The number of nitrogens with two attached hydrogens (primary N) is 1. The predicted octanol–water partition coefficient (Wildman–Crippen LogP) is 2.09. The van der Waals surface area contributed by atoms with Gasteiger partial charge in [-0.25, -0.2) is 0 Å². The highest BCUT2D eigenvalue weighted by molar-refractivity contribution is 7.10. The summed E-state index contributed by atoms with van der Waals surface area (Å²) in [6.07, 6.45) is 2.07. The van der Waals surface area contributed by atoms with Crippen molar-refractivity contribution in [3.63, 3.8) is 0 Å². The minimum atomic E-state index is -0.164. The van der Waals surface area contributed by atoms with E-state index in [1.807, 2.05) is 17.5 Å². The zero-order chi connectivity index (χ0) is 10.4. The van der Waals surface area contributed by atoms with Gasteiger partial charge in [0.2, 0.25) is 0 Å². The Labute approximate surface area is 87.9 Å². The number of carbonyl (C=O) groups excluding carboxylic acids is 1. The van der Waals surface area contributed by atoms with Crippen LogP contribution in [0.5, 0.6) is 0 Å². The van der Waals surface area contributed by atoms with Crippen molar-refractivity contribution in [1.82, 2.24) is 0 Å². The molecule has 0 aromatic carbocycles. The third-order valence-corrected chi connectivity index (χ3v) is 3.04. The Balaban J connectivity index is 2.22. The van der Waals surface area contributed by atoms with Crippen LogP contribution in [0.4, 0.5) is 0 Å². The van der Waals surface area contributed by atoms with Gasteiger partial charge >= 0.3 is 5.97 Å². The molecule has 1 aromatic rings. The van der Waals surface area contributed by atoms with Gasteiger partial charge in [0, 0.05) is 17.3 Å². The SMILES string of the molecule is COC(=O)CCCC(N)c1cccs1. The van der Waals surface area contributed by atoms with Crippen LogP contribution in [-0.4, -0.2) is 13.1 Å². The molecule has 78 valence electrons. The lowest BCUT2D eigenvalue weighted by atomic mass is 10.1. The third-order valence-electron chi connectivity index (χ3n) is 2.03. The van der Waals surface area contributed by atoms with Crippen LogP contribution in [0.2, 0.25) is 0 Å². The fourth-order valence-corrected chi connectivity index (χ4v) is 1.98. The first-order valence-corrected chi connectivity index (χ1v) is 5.48. The van der Waals surface area contributed by atoms with Gasteiger partial charge in [-0.05, 0) is 24.3 Å². The monoisotopic (exact) mass is 213 g/mol. The lowest BCUT2D eigenvalue weighted by Gasteiger charge is -2.08. The van der Waals surface area contributed by atoms with Crippen LogP contribution < -0.4 is 5.73 Å². The number of methoxy groups -OCH3 is 1. The Morgan fingerprint density at radius 3 is 3.07 bits per heavy atom. The number of hydrogen-bond donors (Lipinski definition) is 1.